The largest absolute Gasteiger partial charge is 0.399 e. The average Bonchev–Trinajstić information content (AvgIpc) is 2.04. The van der Waals surface area contributed by atoms with Gasteiger partial charge < -0.3 is 11.5 Å². The number of rotatable bonds is 2. The highest BCUT2D eigenvalue weighted by Crippen LogP contribution is 2.19. The minimum absolute atomic E-state index is 0.116. The lowest BCUT2D eigenvalue weighted by Gasteiger charge is -2.15. The second-order valence-corrected chi connectivity index (χ2v) is 3.44. The molecule has 0 amide bonds. The highest BCUT2D eigenvalue weighted by atomic mass is 14.6. The van der Waals surface area contributed by atoms with Crippen LogP contribution in [0.4, 0.5) is 5.69 Å². The van der Waals surface area contributed by atoms with Gasteiger partial charge in [-0.2, -0.15) is 0 Å². The van der Waals surface area contributed by atoms with Gasteiger partial charge >= 0.3 is 0 Å². The maximum absolute atomic E-state index is 5.95. The fourth-order valence-corrected chi connectivity index (χ4v) is 1.10. The molecule has 1 rings (SSSR count). The topological polar surface area (TPSA) is 52.0 Å². The van der Waals surface area contributed by atoms with Crippen molar-refractivity contribution < 1.29 is 0 Å². The molecule has 0 bridgehead atoms. The molecule has 0 saturated heterocycles. The van der Waals surface area contributed by atoms with E-state index in [2.05, 4.69) is 13.8 Å². The number of nitrogen functional groups attached to an aromatic ring is 1. The molecule has 0 aliphatic carbocycles. The van der Waals surface area contributed by atoms with Gasteiger partial charge in [0.1, 0.15) is 0 Å². The van der Waals surface area contributed by atoms with Crippen molar-refractivity contribution in [3.05, 3.63) is 29.8 Å². The second-order valence-electron chi connectivity index (χ2n) is 3.44. The van der Waals surface area contributed by atoms with Gasteiger partial charge in [0.25, 0.3) is 0 Å². The first-order chi connectivity index (χ1) is 5.61. The molecular formula is C10H16N2. The van der Waals surface area contributed by atoms with Crippen LogP contribution >= 0.6 is 0 Å². The molecular weight excluding hydrogens is 148 g/mol. The third-order valence-electron chi connectivity index (χ3n) is 2.04. The Morgan fingerprint density at radius 2 is 1.58 bits per heavy atom. The normalized spacial score (nSPS) is 13.3. The molecule has 0 aromatic heterocycles. The summed E-state index contributed by atoms with van der Waals surface area (Å²) in [6.07, 6.45) is 0. The number of hydrogen-bond donors (Lipinski definition) is 2. The first-order valence-corrected chi connectivity index (χ1v) is 4.22. The quantitative estimate of drug-likeness (QED) is 0.656. The lowest BCUT2D eigenvalue weighted by atomic mass is 9.97. The van der Waals surface area contributed by atoms with Crippen LogP contribution in [-0.4, -0.2) is 0 Å². The smallest absolute Gasteiger partial charge is 0.0318 e. The Hall–Kier alpha value is -1.02. The van der Waals surface area contributed by atoms with Gasteiger partial charge in [-0.3, -0.25) is 0 Å². The van der Waals surface area contributed by atoms with Gasteiger partial charge in [-0.1, -0.05) is 26.0 Å². The van der Waals surface area contributed by atoms with E-state index in [1.165, 1.54) is 0 Å². The zero-order chi connectivity index (χ0) is 9.14. The summed E-state index contributed by atoms with van der Waals surface area (Å²) in [6, 6.07) is 7.86. The number of nitrogens with two attached hydrogens (primary N) is 2. The number of benzene rings is 1. The molecule has 12 heavy (non-hydrogen) atoms. The standard InChI is InChI=1S/C10H16N2/c1-7(2)10(12)8-3-5-9(11)6-4-8/h3-7,10H,11-12H2,1-2H3. The minimum atomic E-state index is 0.116. The van der Waals surface area contributed by atoms with Crippen molar-refractivity contribution in [1.82, 2.24) is 0 Å². The summed E-state index contributed by atoms with van der Waals surface area (Å²) in [5.74, 6) is 0.466. The Kier molecular flexibility index (Phi) is 2.71. The van der Waals surface area contributed by atoms with E-state index in [4.69, 9.17) is 11.5 Å². The van der Waals surface area contributed by atoms with Crippen molar-refractivity contribution in [1.29, 1.82) is 0 Å². The number of anilines is 1. The highest BCUT2D eigenvalue weighted by Gasteiger charge is 2.08. The SMILES string of the molecule is CC(C)C(N)c1ccc(N)cc1. The molecule has 1 atom stereocenters. The lowest BCUT2D eigenvalue weighted by Crippen LogP contribution is -2.16. The van der Waals surface area contributed by atoms with E-state index < -0.39 is 0 Å². The van der Waals surface area contributed by atoms with Crippen molar-refractivity contribution in [2.75, 3.05) is 5.73 Å². The Labute approximate surface area is 73.6 Å². The van der Waals surface area contributed by atoms with E-state index in [0.29, 0.717) is 5.92 Å². The van der Waals surface area contributed by atoms with Crippen LogP contribution in [-0.2, 0) is 0 Å². The molecule has 4 N–H and O–H groups in total. The zero-order valence-corrected chi connectivity index (χ0v) is 7.62. The fourth-order valence-electron chi connectivity index (χ4n) is 1.10. The van der Waals surface area contributed by atoms with Gasteiger partial charge in [-0.25, -0.2) is 0 Å². The van der Waals surface area contributed by atoms with E-state index in [-0.39, 0.29) is 6.04 Å². The zero-order valence-electron chi connectivity index (χ0n) is 7.62. The molecule has 0 heterocycles. The van der Waals surface area contributed by atoms with Gasteiger partial charge in [0.15, 0.2) is 0 Å². The van der Waals surface area contributed by atoms with Gasteiger partial charge in [0, 0.05) is 11.7 Å². The van der Waals surface area contributed by atoms with Crippen LogP contribution in [0, 0.1) is 5.92 Å². The van der Waals surface area contributed by atoms with E-state index in [0.717, 1.165) is 11.3 Å². The van der Waals surface area contributed by atoms with Crippen molar-refractivity contribution in [2.24, 2.45) is 11.7 Å². The number of hydrogen-bond acceptors (Lipinski definition) is 2. The van der Waals surface area contributed by atoms with Crippen molar-refractivity contribution >= 4 is 5.69 Å². The molecule has 66 valence electrons. The van der Waals surface area contributed by atoms with E-state index in [1.807, 2.05) is 24.3 Å². The molecule has 2 heteroatoms. The third kappa shape index (κ3) is 1.98. The van der Waals surface area contributed by atoms with Gasteiger partial charge in [0.2, 0.25) is 0 Å². The predicted octanol–water partition coefficient (Wildman–Crippen LogP) is 1.92. The van der Waals surface area contributed by atoms with Crippen LogP contribution in [0.3, 0.4) is 0 Å². The average molecular weight is 164 g/mol. The van der Waals surface area contributed by atoms with Gasteiger partial charge in [-0.15, -0.1) is 0 Å². The van der Waals surface area contributed by atoms with Crippen molar-refractivity contribution in [2.45, 2.75) is 19.9 Å². The molecule has 0 aliphatic heterocycles. The molecule has 0 radical (unpaired) electrons. The Morgan fingerprint density at radius 3 is 2.00 bits per heavy atom. The summed E-state index contributed by atoms with van der Waals surface area (Å²) in [5, 5.41) is 0. The van der Waals surface area contributed by atoms with Crippen LogP contribution < -0.4 is 11.5 Å². The summed E-state index contributed by atoms with van der Waals surface area (Å²) >= 11 is 0. The minimum Gasteiger partial charge on any atom is -0.399 e. The first-order valence-electron chi connectivity index (χ1n) is 4.22. The molecule has 2 nitrogen and oxygen atoms in total. The second kappa shape index (κ2) is 3.59. The summed E-state index contributed by atoms with van der Waals surface area (Å²) in [6.45, 7) is 4.22. The van der Waals surface area contributed by atoms with Crippen molar-refractivity contribution in [3.63, 3.8) is 0 Å². The third-order valence-corrected chi connectivity index (χ3v) is 2.04. The summed E-state index contributed by atoms with van der Waals surface area (Å²) in [7, 11) is 0. The van der Waals surface area contributed by atoms with Crippen LogP contribution in [0.5, 0.6) is 0 Å². The van der Waals surface area contributed by atoms with Gasteiger partial charge in [0.05, 0.1) is 0 Å². The van der Waals surface area contributed by atoms with Gasteiger partial charge in [-0.05, 0) is 23.6 Å². The summed E-state index contributed by atoms with van der Waals surface area (Å²) < 4.78 is 0. The van der Waals surface area contributed by atoms with E-state index >= 15 is 0 Å². The van der Waals surface area contributed by atoms with E-state index in [1.54, 1.807) is 0 Å². The molecule has 0 spiro atoms. The maximum atomic E-state index is 5.95. The maximum Gasteiger partial charge on any atom is 0.0318 e. The molecule has 0 saturated carbocycles. The first kappa shape index (κ1) is 9.07. The lowest BCUT2D eigenvalue weighted by molar-refractivity contribution is 0.514. The van der Waals surface area contributed by atoms with Crippen molar-refractivity contribution in [3.8, 4) is 0 Å². The summed E-state index contributed by atoms with van der Waals surface area (Å²) in [5.41, 5.74) is 13.4. The monoisotopic (exact) mass is 164 g/mol. The Bertz CT molecular complexity index is 239. The van der Waals surface area contributed by atoms with E-state index in [9.17, 15) is 0 Å². The summed E-state index contributed by atoms with van der Waals surface area (Å²) in [4.78, 5) is 0. The van der Waals surface area contributed by atoms with Crippen LogP contribution in [0.15, 0.2) is 24.3 Å². The molecule has 1 unspecified atom stereocenters. The molecule has 1 aromatic rings. The molecule has 0 fully saturated rings. The molecule has 1 aromatic carbocycles. The molecule has 0 aliphatic rings. The predicted molar refractivity (Wildman–Crippen MR) is 52.6 cm³/mol. The Morgan fingerprint density at radius 1 is 1.08 bits per heavy atom. The highest BCUT2D eigenvalue weighted by molar-refractivity contribution is 5.40. The Balaban J connectivity index is 2.82. The van der Waals surface area contributed by atoms with Crippen LogP contribution in [0.25, 0.3) is 0 Å². The van der Waals surface area contributed by atoms with Crippen LogP contribution in [0.2, 0.25) is 0 Å². The van der Waals surface area contributed by atoms with Crippen LogP contribution in [0.1, 0.15) is 25.5 Å². The fraction of sp³-hybridized carbons (Fsp3) is 0.400.